The quantitative estimate of drug-likeness (QED) is 0.244. The number of aldehydes is 1. The molecule has 0 aliphatic heterocycles. The van der Waals surface area contributed by atoms with Crippen LogP contribution in [0.2, 0.25) is 0 Å². The molecular weight excluding hydrogens is 518 g/mol. The molecule has 6 rings (SSSR count). The summed E-state index contributed by atoms with van der Waals surface area (Å²) in [5.41, 5.74) is 9.51. The first-order valence-electron chi connectivity index (χ1n) is 14.5. The molecule has 1 atom stereocenters. The number of aromatic amines is 1. The molecule has 2 aliphatic carbocycles. The number of anilines is 1. The van der Waals surface area contributed by atoms with Gasteiger partial charge in [0.05, 0.1) is 22.5 Å². The highest BCUT2D eigenvalue weighted by Crippen LogP contribution is 2.33. The van der Waals surface area contributed by atoms with E-state index in [1.165, 1.54) is 47.4 Å². The summed E-state index contributed by atoms with van der Waals surface area (Å²) < 4.78 is 30.9. The van der Waals surface area contributed by atoms with Crippen LogP contribution in [-0.4, -0.2) is 27.7 Å². The van der Waals surface area contributed by atoms with Crippen molar-refractivity contribution in [3.63, 3.8) is 0 Å². The molecule has 0 saturated carbocycles. The fraction of sp³-hybridized carbons (Fsp3) is 0.353. The van der Waals surface area contributed by atoms with Gasteiger partial charge in [-0.15, -0.1) is 0 Å². The number of aromatic nitrogens is 3. The van der Waals surface area contributed by atoms with Crippen LogP contribution in [0.3, 0.4) is 0 Å². The Bertz CT molecular complexity index is 1600. The van der Waals surface area contributed by atoms with Crippen molar-refractivity contribution in [2.75, 3.05) is 12.4 Å². The number of hydrogen-bond donors (Lipinski definition) is 2. The van der Waals surface area contributed by atoms with Crippen LogP contribution < -0.4 is 5.32 Å². The number of carbonyl (C=O) groups excluding carboxylic acids is 1. The van der Waals surface area contributed by atoms with Crippen LogP contribution in [0.25, 0.3) is 28.0 Å². The number of pyridine rings is 1. The Hall–Kier alpha value is -4.00. The van der Waals surface area contributed by atoms with E-state index in [2.05, 4.69) is 35.2 Å². The summed E-state index contributed by atoms with van der Waals surface area (Å²) in [6.07, 6.45) is 12.1. The second-order valence-corrected chi connectivity index (χ2v) is 10.6. The molecule has 1 aromatic carbocycles. The number of halogens is 2. The van der Waals surface area contributed by atoms with Gasteiger partial charge in [-0.3, -0.25) is 4.79 Å². The van der Waals surface area contributed by atoms with E-state index in [-0.39, 0.29) is 14.1 Å². The standard InChI is InChI=1S/C22H20F2N4.C10H14O.C2H6.2H2/c1-25-17-8-7-15(23)20(21(17)24)14-6-9-19-22(26-12-28(19)11-14)18-10-13-4-2-3-5-16(13)27-18;1-7-4-8(2)9(3)10(5-7)6-11;1-2;;/h6-12,25,27H,2-5H2,1H3;5-6,8H,4H2,1-3H3;1-2H3;2*1H. The van der Waals surface area contributed by atoms with Gasteiger partial charge in [0.15, 0.2) is 5.82 Å². The number of aryl methyl sites for hydroxylation is 2. The first-order chi connectivity index (χ1) is 19.8. The third-order valence-corrected chi connectivity index (χ3v) is 7.90. The van der Waals surface area contributed by atoms with Crippen molar-refractivity contribution in [3.8, 4) is 22.5 Å². The van der Waals surface area contributed by atoms with Crippen LogP contribution in [0.4, 0.5) is 14.5 Å². The predicted molar refractivity (Wildman–Crippen MR) is 168 cm³/mol. The number of benzene rings is 1. The highest BCUT2D eigenvalue weighted by molar-refractivity contribution is 5.80. The summed E-state index contributed by atoms with van der Waals surface area (Å²) >= 11 is 0. The molecule has 220 valence electrons. The molecule has 4 aromatic rings. The van der Waals surface area contributed by atoms with Crippen molar-refractivity contribution in [2.24, 2.45) is 5.92 Å². The Morgan fingerprint density at radius 2 is 1.88 bits per heavy atom. The Morgan fingerprint density at radius 1 is 1.12 bits per heavy atom. The molecule has 1 unspecified atom stereocenters. The van der Waals surface area contributed by atoms with Gasteiger partial charge in [-0.05, 0) is 81.7 Å². The number of allylic oxidation sites excluding steroid dienone is 4. The van der Waals surface area contributed by atoms with Crippen molar-refractivity contribution in [3.05, 3.63) is 88.5 Å². The van der Waals surface area contributed by atoms with Crippen LogP contribution in [0.5, 0.6) is 0 Å². The van der Waals surface area contributed by atoms with Crippen molar-refractivity contribution in [1.29, 1.82) is 0 Å². The number of H-pyrrole nitrogens is 1. The molecular formula is C34H44F2N4O. The molecule has 5 nitrogen and oxygen atoms in total. The Labute approximate surface area is 244 Å². The minimum Gasteiger partial charge on any atom is -0.386 e. The molecule has 0 bridgehead atoms. The topological polar surface area (TPSA) is 62.2 Å². The minimum absolute atomic E-state index is 0. The molecule has 0 fully saturated rings. The maximum Gasteiger partial charge on any atom is 0.157 e. The SMILES string of the molecule is CC.CC1=CC(C=O)=C(C)C(C)C1.CNc1ccc(F)c(-c2ccc3c(-c4cc5c([nH]4)CCCC5)ncn3c2)c1F.[HH].[HH]. The van der Waals surface area contributed by atoms with E-state index in [1.807, 2.05) is 37.3 Å². The van der Waals surface area contributed by atoms with E-state index in [1.54, 1.807) is 25.6 Å². The van der Waals surface area contributed by atoms with Crippen LogP contribution in [0.15, 0.2) is 65.7 Å². The summed E-state index contributed by atoms with van der Waals surface area (Å²) in [6, 6.07) is 8.46. The van der Waals surface area contributed by atoms with E-state index in [0.29, 0.717) is 11.5 Å². The molecule has 7 heteroatoms. The van der Waals surface area contributed by atoms with Gasteiger partial charge >= 0.3 is 0 Å². The van der Waals surface area contributed by atoms with Crippen molar-refractivity contribution in [2.45, 2.75) is 66.7 Å². The molecule has 3 aromatic heterocycles. The zero-order valence-corrected chi connectivity index (χ0v) is 24.9. The summed E-state index contributed by atoms with van der Waals surface area (Å²) in [5.74, 6) is -0.646. The Kier molecular flexibility index (Phi) is 9.58. The van der Waals surface area contributed by atoms with E-state index in [9.17, 15) is 13.6 Å². The van der Waals surface area contributed by atoms with E-state index >= 15 is 0 Å². The van der Waals surface area contributed by atoms with Gasteiger partial charge < -0.3 is 14.7 Å². The maximum atomic E-state index is 14.7. The Balaban J connectivity index is 0.000000367. The highest BCUT2D eigenvalue weighted by atomic mass is 19.1. The first kappa shape index (κ1) is 30.0. The summed E-state index contributed by atoms with van der Waals surface area (Å²) in [7, 11) is 1.61. The van der Waals surface area contributed by atoms with E-state index < -0.39 is 11.6 Å². The fourth-order valence-corrected chi connectivity index (χ4v) is 5.58. The lowest BCUT2D eigenvalue weighted by Crippen LogP contribution is -2.06. The summed E-state index contributed by atoms with van der Waals surface area (Å²) in [5, 5.41) is 2.75. The maximum absolute atomic E-state index is 14.7. The number of nitrogens with one attached hydrogen (secondary N) is 2. The number of nitrogens with zero attached hydrogens (tertiary/aromatic N) is 2. The van der Waals surface area contributed by atoms with Gasteiger partial charge in [0.1, 0.15) is 24.1 Å². The lowest BCUT2D eigenvalue weighted by Gasteiger charge is -2.19. The van der Waals surface area contributed by atoms with Crippen molar-refractivity contribution in [1.82, 2.24) is 14.4 Å². The predicted octanol–water partition coefficient (Wildman–Crippen LogP) is 9.20. The number of rotatable bonds is 4. The van der Waals surface area contributed by atoms with Gasteiger partial charge in [-0.25, -0.2) is 13.8 Å². The average Bonchev–Trinajstić information content (AvgIpc) is 3.60. The molecule has 0 radical (unpaired) electrons. The van der Waals surface area contributed by atoms with Crippen LogP contribution in [0, 0.1) is 17.6 Å². The molecule has 0 spiro atoms. The third-order valence-electron chi connectivity index (χ3n) is 7.90. The van der Waals surface area contributed by atoms with Crippen molar-refractivity contribution >= 4 is 17.5 Å². The van der Waals surface area contributed by atoms with Gasteiger partial charge in [0.2, 0.25) is 0 Å². The lowest BCUT2D eigenvalue weighted by molar-refractivity contribution is -0.104. The average molecular weight is 563 g/mol. The van der Waals surface area contributed by atoms with Gasteiger partial charge in [-0.1, -0.05) is 44.1 Å². The van der Waals surface area contributed by atoms with Gasteiger partial charge in [0, 0.05) is 32.9 Å². The first-order valence-corrected chi connectivity index (χ1v) is 14.5. The van der Waals surface area contributed by atoms with Gasteiger partial charge in [-0.2, -0.15) is 0 Å². The monoisotopic (exact) mass is 562 g/mol. The number of fused-ring (bicyclic) bond motifs is 2. The van der Waals surface area contributed by atoms with E-state index in [0.717, 1.165) is 48.0 Å². The molecule has 2 N–H and O–H groups in total. The van der Waals surface area contributed by atoms with Crippen molar-refractivity contribution < 1.29 is 16.4 Å². The second kappa shape index (κ2) is 13.1. The Morgan fingerprint density at radius 3 is 2.59 bits per heavy atom. The summed E-state index contributed by atoms with van der Waals surface area (Å²) in [6.45, 7) is 10.3. The zero-order chi connectivity index (χ0) is 29.7. The molecule has 0 saturated heterocycles. The smallest absolute Gasteiger partial charge is 0.157 e. The zero-order valence-electron chi connectivity index (χ0n) is 24.9. The van der Waals surface area contributed by atoms with Crippen LogP contribution in [-0.2, 0) is 17.6 Å². The second-order valence-electron chi connectivity index (χ2n) is 10.6. The molecule has 41 heavy (non-hydrogen) atoms. The largest absolute Gasteiger partial charge is 0.386 e. The normalized spacial score (nSPS) is 16.2. The van der Waals surface area contributed by atoms with Gasteiger partial charge in [0.25, 0.3) is 0 Å². The van der Waals surface area contributed by atoms with Crippen LogP contribution in [0.1, 0.15) is 68.0 Å². The molecule has 2 aliphatic rings. The van der Waals surface area contributed by atoms with Crippen LogP contribution >= 0.6 is 0 Å². The minimum atomic E-state index is -0.598. The fourth-order valence-electron chi connectivity index (χ4n) is 5.58. The van der Waals surface area contributed by atoms with E-state index in [4.69, 9.17) is 0 Å². The third kappa shape index (κ3) is 6.19. The number of carbonyl (C=O) groups is 1. The molecule has 3 heterocycles. The molecule has 0 amide bonds. The highest BCUT2D eigenvalue weighted by Gasteiger charge is 2.19. The lowest BCUT2D eigenvalue weighted by atomic mass is 9.86. The summed E-state index contributed by atoms with van der Waals surface area (Å²) in [4.78, 5) is 18.6. The number of hydrogen-bond acceptors (Lipinski definition) is 3. The number of imidazole rings is 1.